The monoisotopic (exact) mass is 225 g/mol. The highest BCUT2D eigenvalue weighted by Gasteiger charge is 2.58. The van der Waals surface area contributed by atoms with Crippen LogP contribution in [-0.2, 0) is 0 Å². The molecule has 0 radical (unpaired) electrons. The smallest absolute Gasteiger partial charge is 0.0431 e. The third-order valence-corrected chi connectivity index (χ3v) is 5.20. The zero-order valence-corrected chi connectivity index (χ0v) is 11.1. The lowest BCUT2D eigenvalue weighted by atomic mass is 9.68. The molecule has 2 heteroatoms. The van der Waals surface area contributed by atoms with Crippen molar-refractivity contribution in [1.29, 1.82) is 0 Å². The van der Waals surface area contributed by atoms with Crippen LogP contribution in [0.4, 0.5) is 0 Å². The summed E-state index contributed by atoms with van der Waals surface area (Å²) in [5.41, 5.74) is 1.000. The van der Waals surface area contributed by atoms with Crippen LogP contribution in [-0.4, -0.2) is 24.3 Å². The molecule has 0 aromatic carbocycles. The molecule has 94 valence electrons. The van der Waals surface area contributed by atoms with Gasteiger partial charge in [-0.05, 0) is 55.4 Å². The Hall–Kier alpha value is -0.0800. The standard InChI is InChI=1S/C14H27NO/c1-13(2)11-6-7-14(3,10-11)12(13)15-8-4-5-9-16/h11-12,15-16H,4-10H2,1-3H3. The first-order valence-corrected chi connectivity index (χ1v) is 6.85. The number of rotatable bonds is 5. The largest absolute Gasteiger partial charge is 0.396 e. The maximum atomic E-state index is 8.79. The summed E-state index contributed by atoms with van der Waals surface area (Å²) in [5.74, 6) is 0.924. The van der Waals surface area contributed by atoms with Gasteiger partial charge in [0.15, 0.2) is 0 Å². The molecule has 2 saturated carbocycles. The van der Waals surface area contributed by atoms with E-state index in [1.807, 2.05) is 0 Å². The zero-order valence-electron chi connectivity index (χ0n) is 11.1. The molecule has 3 unspecified atom stereocenters. The lowest BCUT2D eigenvalue weighted by Crippen LogP contribution is -2.50. The van der Waals surface area contributed by atoms with Crippen LogP contribution >= 0.6 is 0 Å². The van der Waals surface area contributed by atoms with E-state index in [0.29, 0.717) is 23.5 Å². The van der Waals surface area contributed by atoms with E-state index >= 15 is 0 Å². The predicted molar refractivity (Wildman–Crippen MR) is 67.3 cm³/mol. The van der Waals surface area contributed by atoms with Crippen molar-refractivity contribution in [2.45, 2.75) is 58.9 Å². The Bertz CT molecular complexity index is 246. The maximum absolute atomic E-state index is 8.79. The number of unbranched alkanes of at least 4 members (excludes halogenated alkanes) is 1. The number of hydrogen-bond acceptors (Lipinski definition) is 2. The zero-order chi connectivity index (χ0) is 11.8. The second kappa shape index (κ2) is 4.30. The fourth-order valence-corrected chi connectivity index (χ4v) is 4.29. The molecule has 0 saturated heterocycles. The Morgan fingerprint density at radius 1 is 1.25 bits per heavy atom. The van der Waals surface area contributed by atoms with Crippen LogP contribution in [0.2, 0.25) is 0 Å². The van der Waals surface area contributed by atoms with E-state index in [2.05, 4.69) is 26.1 Å². The van der Waals surface area contributed by atoms with Crippen molar-refractivity contribution >= 4 is 0 Å². The number of hydrogen-bond donors (Lipinski definition) is 2. The maximum Gasteiger partial charge on any atom is 0.0431 e. The van der Waals surface area contributed by atoms with Crippen molar-refractivity contribution in [3.8, 4) is 0 Å². The summed E-state index contributed by atoms with van der Waals surface area (Å²) >= 11 is 0. The topological polar surface area (TPSA) is 32.3 Å². The molecule has 16 heavy (non-hydrogen) atoms. The van der Waals surface area contributed by atoms with E-state index in [-0.39, 0.29) is 0 Å². The van der Waals surface area contributed by atoms with Crippen LogP contribution in [0, 0.1) is 16.7 Å². The molecule has 0 heterocycles. The lowest BCUT2D eigenvalue weighted by Gasteiger charge is -2.43. The average molecular weight is 225 g/mol. The van der Waals surface area contributed by atoms with Crippen LogP contribution in [0.5, 0.6) is 0 Å². The molecule has 2 N–H and O–H groups in total. The Kier molecular flexibility index (Phi) is 3.33. The van der Waals surface area contributed by atoms with Crippen LogP contribution in [0.25, 0.3) is 0 Å². The number of aliphatic hydroxyl groups is 1. The quantitative estimate of drug-likeness (QED) is 0.705. The Labute approximate surface area is 99.8 Å². The SMILES string of the molecule is CC12CCC(C1)C(C)(C)C2NCCCCO. The van der Waals surface area contributed by atoms with Gasteiger partial charge in [0.05, 0.1) is 0 Å². The van der Waals surface area contributed by atoms with Gasteiger partial charge >= 0.3 is 0 Å². The second-order valence-electron chi connectivity index (χ2n) is 6.73. The minimum absolute atomic E-state index is 0.329. The van der Waals surface area contributed by atoms with Crippen molar-refractivity contribution in [3.63, 3.8) is 0 Å². The Morgan fingerprint density at radius 3 is 2.56 bits per heavy atom. The van der Waals surface area contributed by atoms with E-state index in [0.717, 1.165) is 25.3 Å². The van der Waals surface area contributed by atoms with Gasteiger partial charge in [-0.2, -0.15) is 0 Å². The first kappa shape index (κ1) is 12.4. The molecule has 2 fully saturated rings. The van der Waals surface area contributed by atoms with Gasteiger partial charge in [0.2, 0.25) is 0 Å². The third kappa shape index (κ3) is 1.91. The molecule has 2 nitrogen and oxygen atoms in total. The fourth-order valence-electron chi connectivity index (χ4n) is 4.29. The van der Waals surface area contributed by atoms with Gasteiger partial charge in [-0.1, -0.05) is 20.8 Å². The highest BCUT2D eigenvalue weighted by Crippen LogP contribution is 2.62. The summed E-state index contributed by atoms with van der Waals surface area (Å²) in [7, 11) is 0. The highest BCUT2D eigenvalue weighted by molar-refractivity contribution is 5.11. The van der Waals surface area contributed by atoms with Gasteiger partial charge in [0.1, 0.15) is 0 Å². The lowest BCUT2D eigenvalue weighted by molar-refractivity contribution is 0.108. The molecule has 2 aliphatic rings. The predicted octanol–water partition coefficient (Wildman–Crippen LogP) is 2.56. The Morgan fingerprint density at radius 2 is 2.00 bits per heavy atom. The highest BCUT2D eigenvalue weighted by atomic mass is 16.2. The molecule has 2 aliphatic carbocycles. The van der Waals surface area contributed by atoms with Gasteiger partial charge in [-0.15, -0.1) is 0 Å². The van der Waals surface area contributed by atoms with Crippen molar-refractivity contribution < 1.29 is 5.11 Å². The van der Waals surface area contributed by atoms with E-state index < -0.39 is 0 Å². The molecule has 2 rings (SSSR count). The number of aliphatic hydroxyl groups excluding tert-OH is 1. The molecule has 2 bridgehead atoms. The molecule has 0 aromatic rings. The van der Waals surface area contributed by atoms with E-state index in [4.69, 9.17) is 5.11 Å². The first-order valence-electron chi connectivity index (χ1n) is 6.85. The Balaban J connectivity index is 1.92. The van der Waals surface area contributed by atoms with E-state index in [9.17, 15) is 0 Å². The normalized spacial score (nSPS) is 40.5. The minimum atomic E-state index is 0.329. The molecule has 3 atom stereocenters. The first-order chi connectivity index (χ1) is 7.50. The van der Waals surface area contributed by atoms with Gasteiger partial charge in [0.25, 0.3) is 0 Å². The van der Waals surface area contributed by atoms with Crippen molar-refractivity contribution in [3.05, 3.63) is 0 Å². The van der Waals surface area contributed by atoms with Crippen LogP contribution in [0.3, 0.4) is 0 Å². The number of nitrogens with one attached hydrogen (secondary N) is 1. The molecule has 0 spiro atoms. The van der Waals surface area contributed by atoms with Crippen molar-refractivity contribution in [2.75, 3.05) is 13.2 Å². The van der Waals surface area contributed by atoms with Gasteiger partial charge < -0.3 is 10.4 Å². The van der Waals surface area contributed by atoms with Crippen LogP contribution < -0.4 is 5.32 Å². The summed E-state index contributed by atoms with van der Waals surface area (Å²) in [6, 6.07) is 0.678. The molecule has 0 aliphatic heterocycles. The molecule has 0 amide bonds. The minimum Gasteiger partial charge on any atom is -0.396 e. The van der Waals surface area contributed by atoms with Crippen LogP contribution in [0.15, 0.2) is 0 Å². The van der Waals surface area contributed by atoms with Crippen molar-refractivity contribution in [2.24, 2.45) is 16.7 Å². The summed E-state index contributed by atoms with van der Waals surface area (Å²) in [5, 5.41) is 12.6. The summed E-state index contributed by atoms with van der Waals surface area (Å²) in [6.07, 6.45) is 6.28. The molecular weight excluding hydrogens is 198 g/mol. The van der Waals surface area contributed by atoms with Gasteiger partial charge in [-0.3, -0.25) is 0 Å². The third-order valence-electron chi connectivity index (χ3n) is 5.20. The molecular formula is C14H27NO. The fraction of sp³-hybridized carbons (Fsp3) is 1.00. The van der Waals surface area contributed by atoms with Gasteiger partial charge in [-0.25, -0.2) is 0 Å². The van der Waals surface area contributed by atoms with Gasteiger partial charge in [0, 0.05) is 12.6 Å². The average Bonchev–Trinajstić information content (AvgIpc) is 2.68. The molecule has 0 aromatic heterocycles. The van der Waals surface area contributed by atoms with E-state index in [1.54, 1.807) is 0 Å². The summed E-state index contributed by atoms with van der Waals surface area (Å²) in [6.45, 7) is 8.73. The van der Waals surface area contributed by atoms with Crippen molar-refractivity contribution in [1.82, 2.24) is 5.32 Å². The number of fused-ring (bicyclic) bond motifs is 2. The van der Waals surface area contributed by atoms with Crippen LogP contribution in [0.1, 0.15) is 52.9 Å². The summed E-state index contributed by atoms with van der Waals surface area (Å²) in [4.78, 5) is 0. The van der Waals surface area contributed by atoms with E-state index in [1.165, 1.54) is 19.3 Å². The summed E-state index contributed by atoms with van der Waals surface area (Å²) < 4.78 is 0. The second-order valence-corrected chi connectivity index (χ2v) is 6.73.